The molecule has 0 aromatic heterocycles. The van der Waals surface area contributed by atoms with Crippen LogP contribution in [-0.2, 0) is 4.74 Å². The minimum atomic E-state index is -0.593. The zero-order valence-corrected chi connectivity index (χ0v) is 15.1. The van der Waals surface area contributed by atoms with Gasteiger partial charge in [0.2, 0.25) is 0 Å². The molecule has 1 amide bonds. The highest BCUT2D eigenvalue weighted by molar-refractivity contribution is 6.09. The zero-order chi connectivity index (χ0) is 19.1. The Hall–Kier alpha value is -2.57. The van der Waals surface area contributed by atoms with Crippen LogP contribution in [0.2, 0.25) is 0 Å². The van der Waals surface area contributed by atoms with Crippen molar-refractivity contribution in [3.63, 3.8) is 0 Å². The molecule has 6 heteroatoms. The molecule has 0 spiro atoms. The number of nitrogens with one attached hydrogen (secondary N) is 1. The molecule has 0 atom stereocenters. The molecule has 3 rings (SSSR count). The Balaban J connectivity index is 1.62. The first-order chi connectivity index (χ1) is 13.1. The van der Waals surface area contributed by atoms with E-state index >= 15 is 0 Å². The Bertz CT molecular complexity index is 804. The predicted octanol–water partition coefficient (Wildman–Crippen LogP) is 3.37. The monoisotopic (exact) mass is 370 g/mol. The smallest absolute Gasteiger partial charge is 0.258 e. The second-order valence-corrected chi connectivity index (χ2v) is 6.46. The van der Waals surface area contributed by atoms with Crippen molar-refractivity contribution in [2.75, 3.05) is 38.2 Å². The topological polar surface area (TPSA) is 58.6 Å². The van der Waals surface area contributed by atoms with E-state index in [0.29, 0.717) is 17.7 Å². The fraction of sp³-hybridized carbons (Fsp3) is 0.333. The minimum Gasteiger partial charge on any atom is -0.379 e. The summed E-state index contributed by atoms with van der Waals surface area (Å²) in [6, 6.07) is 12.6. The molecule has 0 aliphatic carbocycles. The highest BCUT2D eigenvalue weighted by Crippen LogP contribution is 2.19. The zero-order valence-electron chi connectivity index (χ0n) is 15.1. The number of ketones is 1. The molecule has 2 aromatic carbocycles. The molecule has 142 valence electrons. The molecule has 1 aliphatic heterocycles. The van der Waals surface area contributed by atoms with E-state index in [0.717, 1.165) is 39.3 Å². The third-order valence-corrected chi connectivity index (χ3v) is 4.58. The van der Waals surface area contributed by atoms with E-state index in [2.05, 4.69) is 10.2 Å². The average molecular weight is 370 g/mol. The van der Waals surface area contributed by atoms with Crippen LogP contribution in [0.1, 0.15) is 33.6 Å². The number of morpholine rings is 1. The van der Waals surface area contributed by atoms with Gasteiger partial charge in [-0.15, -0.1) is 0 Å². The van der Waals surface area contributed by atoms with Crippen LogP contribution in [0, 0.1) is 5.82 Å². The molecular formula is C21H23FN2O3. The molecule has 0 radical (unpaired) electrons. The van der Waals surface area contributed by atoms with Crippen molar-refractivity contribution >= 4 is 17.4 Å². The van der Waals surface area contributed by atoms with Gasteiger partial charge in [-0.2, -0.15) is 0 Å². The van der Waals surface area contributed by atoms with Gasteiger partial charge in [0.1, 0.15) is 5.82 Å². The number of benzene rings is 2. The number of halogens is 1. The van der Waals surface area contributed by atoms with E-state index in [1.165, 1.54) is 18.2 Å². The first kappa shape index (κ1) is 19.2. The quantitative estimate of drug-likeness (QED) is 0.759. The summed E-state index contributed by atoms with van der Waals surface area (Å²) in [5.41, 5.74) is 0.804. The lowest BCUT2D eigenvalue weighted by atomic mass is 10.0. The number of ether oxygens (including phenoxy) is 1. The van der Waals surface area contributed by atoms with Crippen molar-refractivity contribution in [2.24, 2.45) is 0 Å². The van der Waals surface area contributed by atoms with Crippen LogP contribution in [0.5, 0.6) is 0 Å². The summed E-state index contributed by atoms with van der Waals surface area (Å²) in [6.45, 7) is 4.10. The number of carbonyl (C=O) groups is 2. The second-order valence-electron chi connectivity index (χ2n) is 6.46. The number of hydrogen-bond donors (Lipinski definition) is 1. The van der Waals surface area contributed by atoms with E-state index in [9.17, 15) is 14.0 Å². The molecule has 0 bridgehead atoms. The molecule has 2 aromatic rings. The number of rotatable bonds is 7. The van der Waals surface area contributed by atoms with Crippen LogP contribution in [0.3, 0.4) is 0 Å². The summed E-state index contributed by atoms with van der Waals surface area (Å²) >= 11 is 0. The van der Waals surface area contributed by atoms with Gasteiger partial charge in [-0.25, -0.2) is 4.39 Å². The van der Waals surface area contributed by atoms with Crippen LogP contribution in [-0.4, -0.2) is 49.4 Å². The van der Waals surface area contributed by atoms with Crippen LogP contribution >= 0.6 is 0 Å². The number of anilines is 1. The van der Waals surface area contributed by atoms with Crippen LogP contribution < -0.4 is 5.32 Å². The highest BCUT2D eigenvalue weighted by atomic mass is 19.1. The van der Waals surface area contributed by atoms with E-state index in [4.69, 9.17) is 4.74 Å². The van der Waals surface area contributed by atoms with Gasteiger partial charge in [0.15, 0.2) is 5.78 Å². The van der Waals surface area contributed by atoms with Gasteiger partial charge in [0, 0.05) is 25.1 Å². The van der Waals surface area contributed by atoms with Gasteiger partial charge in [-0.3, -0.25) is 14.5 Å². The number of amides is 1. The fourth-order valence-electron chi connectivity index (χ4n) is 3.09. The summed E-state index contributed by atoms with van der Waals surface area (Å²) in [5, 5.41) is 2.66. The molecule has 1 aliphatic rings. The maximum absolute atomic E-state index is 13.8. The van der Waals surface area contributed by atoms with Crippen LogP contribution in [0.25, 0.3) is 0 Å². The third kappa shape index (κ3) is 5.21. The van der Waals surface area contributed by atoms with Crippen molar-refractivity contribution in [3.8, 4) is 0 Å². The molecular weight excluding hydrogens is 347 g/mol. The number of carbonyl (C=O) groups excluding carboxylic acids is 2. The Labute approximate surface area is 158 Å². The lowest BCUT2D eigenvalue weighted by Gasteiger charge is -2.26. The summed E-state index contributed by atoms with van der Waals surface area (Å²) in [5.74, 6) is -1.20. The maximum atomic E-state index is 13.8. The van der Waals surface area contributed by atoms with Gasteiger partial charge in [-0.1, -0.05) is 24.3 Å². The summed E-state index contributed by atoms with van der Waals surface area (Å²) in [6.07, 6.45) is 1.14. The van der Waals surface area contributed by atoms with Crippen LogP contribution in [0.15, 0.2) is 48.5 Å². The molecule has 0 unspecified atom stereocenters. The molecule has 1 heterocycles. The number of Topliss-reactive ketones (excluding diaryl/α,β-unsaturated/α-hetero) is 1. The molecule has 5 nitrogen and oxygen atoms in total. The Morgan fingerprint density at radius 1 is 1.00 bits per heavy atom. The first-order valence-electron chi connectivity index (χ1n) is 9.13. The Morgan fingerprint density at radius 3 is 2.41 bits per heavy atom. The van der Waals surface area contributed by atoms with Gasteiger partial charge < -0.3 is 10.1 Å². The molecule has 0 saturated carbocycles. The Kier molecular flexibility index (Phi) is 6.68. The SMILES string of the molecule is O=C(Nc1ccccc1C(=O)CCCN1CCOCC1)c1ccccc1F. The van der Waals surface area contributed by atoms with E-state index in [1.54, 1.807) is 30.3 Å². The van der Waals surface area contributed by atoms with Gasteiger partial charge in [-0.05, 0) is 37.2 Å². The van der Waals surface area contributed by atoms with Crippen molar-refractivity contribution in [1.82, 2.24) is 4.90 Å². The van der Waals surface area contributed by atoms with Crippen molar-refractivity contribution in [2.45, 2.75) is 12.8 Å². The van der Waals surface area contributed by atoms with Crippen molar-refractivity contribution in [3.05, 3.63) is 65.5 Å². The van der Waals surface area contributed by atoms with Gasteiger partial charge >= 0.3 is 0 Å². The Morgan fingerprint density at radius 2 is 1.67 bits per heavy atom. The van der Waals surface area contributed by atoms with Crippen molar-refractivity contribution < 1.29 is 18.7 Å². The fourth-order valence-corrected chi connectivity index (χ4v) is 3.09. The summed E-state index contributed by atoms with van der Waals surface area (Å²) < 4.78 is 19.1. The lowest BCUT2D eigenvalue weighted by molar-refractivity contribution is 0.0371. The largest absolute Gasteiger partial charge is 0.379 e. The molecule has 27 heavy (non-hydrogen) atoms. The lowest BCUT2D eigenvalue weighted by Crippen LogP contribution is -2.36. The summed E-state index contributed by atoms with van der Waals surface area (Å²) in [7, 11) is 0. The minimum absolute atomic E-state index is 0.0345. The molecule has 1 N–H and O–H groups in total. The van der Waals surface area contributed by atoms with E-state index < -0.39 is 11.7 Å². The molecule has 1 saturated heterocycles. The number of hydrogen-bond acceptors (Lipinski definition) is 4. The molecule has 1 fully saturated rings. The van der Waals surface area contributed by atoms with E-state index in [-0.39, 0.29) is 11.3 Å². The van der Waals surface area contributed by atoms with Gasteiger partial charge in [0.05, 0.1) is 24.5 Å². The third-order valence-electron chi connectivity index (χ3n) is 4.58. The number of nitrogens with zero attached hydrogens (tertiary/aromatic N) is 1. The van der Waals surface area contributed by atoms with Crippen molar-refractivity contribution in [1.29, 1.82) is 0 Å². The first-order valence-corrected chi connectivity index (χ1v) is 9.13. The van der Waals surface area contributed by atoms with E-state index in [1.807, 2.05) is 0 Å². The van der Waals surface area contributed by atoms with Gasteiger partial charge in [0.25, 0.3) is 5.91 Å². The maximum Gasteiger partial charge on any atom is 0.258 e. The second kappa shape index (κ2) is 9.39. The highest BCUT2D eigenvalue weighted by Gasteiger charge is 2.17. The number of para-hydroxylation sites is 1. The van der Waals surface area contributed by atoms with Crippen LogP contribution in [0.4, 0.5) is 10.1 Å². The summed E-state index contributed by atoms with van der Waals surface area (Å²) in [4.78, 5) is 27.3. The predicted molar refractivity (Wildman–Crippen MR) is 102 cm³/mol. The standard InChI is InChI=1S/C21H23FN2O3/c22-18-8-3-1-6-16(18)21(26)23-19-9-4-2-7-17(19)20(25)10-5-11-24-12-14-27-15-13-24/h1-4,6-9H,5,10-15H2,(H,23,26). The average Bonchev–Trinajstić information content (AvgIpc) is 2.69. The normalized spacial score (nSPS) is 14.7.